The van der Waals surface area contributed by atoms with Crippen LogP contribution < -0.4 is 0 Å². The van der Waals surface area contributed by atoms with Crippen molar-refractivity contribution in [3.8, 4) is 0 Å². The highest BCUT2D eigenvalue weighted by atomic mass is 35.5. The third-order valence-electron chi connectivity index (χ3n) is 5.67. The highest BCUT2D eigenvalue weighted by molar-refractivity contribution is 6.30. The zero-order chi connectivity index (χ0) is 15.8. The van der Waals surface area contributed by atoms with E-state index in [1.807, 2.05) is 18.2 Å². The van der Waals surface area contributed by atoms with E-state index < -0.39 is 0 Å². The van der Waals surface area contributed by atoms with Gasteiger partial charge in [-0.15, -0.1) is 0 Å². The SMILES string of the molecule is ON1[C@@H](c2ccccc2)C[C@@H](c2ccc(Cl)cc2)[C@H]2CCC[C@@H]21. The summed E-state index contributed by atoms with van der Waals surface area (Å²) >= 11 is 6.06. The van der Waals surface area contributed by atoms with Gasteiger partial charge in [0.2, 0.25) is 0 Å². The van der Waals surface area contributed by atoms with Crippen molar-refractivity contribution >= 4 is 11.6 Å². The fraction of sp³-hybridized carbons (Fsp3) is 0.400. The van der Waals surface area contributed by atoms with Crippen LogP contribution in [0.25, 0.3) is 0 Å². The minimum Gasteiger partial charge on any atom is -0.313 e. The third-order valence-corrected chi connectivity index (χ3v) is 5.92. The maximum atomic E-state index is 10.8. The first-order chi connectivity index (χ1) is 11.2. The first kappa shape index (κ1) is 15.2. The molecule has 2 fully saturated rings. The third kappa shape index (κ3) is 2.80. The van der Waals surface area contributed by atoms with Crippen molar-refractivity contribution in [3.63, 3.8) is 0 Å². The summed E-state index contributed by atoms with van der Waals surface area (Å²) in [4.78, 5) is 0. The second kappa shape index (κ2) is 6.27. The fourth-order valence-corrected chi connectivity index (χ4v) is 4.70. The van der Waals surface area contributed by atoms with Crippen molar-refractivity contribution in [1.29, 1.82) is 0 Å². The predicted octanol–water partition coefficient (Wildman–Crippen LogP) is 5.43. The summed E-state index contributed by atoms with van der Waals surface area (Å²) in [6.45, 7) is 0. The summed E-state index contributed by atoms with van der Waals surface area (Å²) in [5, 5.41) is 13.3. The van der Waals surface area contributed by atoms with Crippen LogP contribution in [0.4, 0.5) is 0 Å². The Morgan fingerprint density at radius 2 is 1.65 bits per heavy atom. The van der Waals surface area contributed by atoms with Crippen LogP contribution >= 0.6 is 11.6 Å². The maximum absolute atomic E-state index is 10.8. The summed E-state index contributed by atoms with van der Waals surface area (Å²) in [5.74, 6) is 1.04. The normalized spacial score (nSPS) is 31.0. The van der Waals surface area contributed by atoms with Crippen LogP contribution in [0.3, 0.4) is 0 Å². The maximum Gasteiger partial charge on any atom is 0.0608 e. The highest BCUT2D eigenvalue weighted by Crippen LogP contribution is 2.50. The van der Waals surface area contributed by atoms with Crippen LogP contribution in [0.5, 0.6) is 0 Å². The number of nitrogens with zero attached hydrogens (tertiary/aromatic N) is 1. The molecule has 1 heterocycles. The van der Waals surface area contributed by atoms with Gasteiger partial charge < -0.3 is 5.21 Å². The van der Waals surface area contributed by atoms with E-state index >= 15 is 0 Å². The standard InChI is InChI=1S/C20H22ClNO/c21-16-11-9-14(10-12-16)18-13-20(15-5-2-1-3-6-15)22(23)19-8-4-7-17(18)19/h1-3,5-6,9-12,17-20,23H,4,7-8,13H2/t17-,18+,19+,20-/m1/s1. The van der Waals surface area contributed by atoms with Gasteiger partial charge in [-0.1, -0.05) is 60.5 Å². The molecular formula is C20H22ClNO. The summed E-state index contributed by atoms with van der Waals surface area (Å²) in [6, 6.07) is 19.1. The molecule has 2 nitrogen and oxygen atoms in total. The summed E-state index contributed by atoms with van der Waals surface area (Å²) in [5.41, 5.74) is 2.57. The van der Waals surface area contributed by atoms with Crippen LogP contribution in [0, 0.1) is 5.92 Å². The number of benzene rings is 2. The van der Waals surface area contributed by atoms with E-state index in [-0.39, 0.29) is 12.1 Å². The van der Waals surface area contributed by atoms with E-state index in [0.717, 1.165) is 17.9 Å². The lowest BCUT2D eigenvalue weighted by Gasteiger charge is -2.44. The lowest BCUT2D eigenvalue weighted by molar-refractivity contribution is -0.193. The van der Waals surface area contributed by atoms with Gasteiger partial charge in [-0.3, -0.25) is 0 Å². The van der Waals surface area contributed by atoms with Gasteiger partial charge in [-0.2, -0.15) is 5.06 Å². The van der Waals surface area contributed by atoms with Crippen LogP contribution in [0.2, 0.25) is 5.02 Å². The number of piperidine rings is 1. The molecule has 23 heavy (non-hydrogen) atoms. The molecule has 4 rings (SSSR count). The molecule has 4 atom stereocenters. The Hall–Kier alpha value is -1.35. The van der Waals surface area contributed by atoms with Gasteiger partial charge in [0.15, 0.2) is 0 Å². The minimum absolute atomic E-state index is 0.0798. The molecule has 1 saturated heterocycles. The Bertz CT molecular complexity index is 657. The van der Waals surface area contributed by atoms with Gasteiger partial charge >= 0.3 is 0 Å². The number of hydrogen-bond donors (Lipinski definition) is 1. The second-order valence-corrected chi connectivity index (χ2v) is 7.30. The average molecular weight is 328 g/mol. The molecule has 0 amide bonds. The molecule has 0 radical (unpaired) electrons. The summed E-state index contributed by atoms with van der Waals surface area (Å²) < 4.78 is 0. The summed E-state index contributed by atoms with van der Waals surface area (Å²) in [7, 11) is 0. The second-order valence-electron chi connectivity index (χ2n) is 6.86. The van der Waals surface area contributed by atoms with Gasteiger partial charge in [0.05, 0.1) is 6.04 Å². The zero-order valence-corrected chi connectivity index (χ0v) is 13.9. The van der Waals surface area contributed by atoms with E-state index in [2.05, 4.69) is 36.4 Å². The van der Waals surface area contributed by atoms with Gasteiger partial charge in [0, 0.05) is 11.1 Å². The van der Waals surface area contributed by atoms with Crippen molar-refractivity contribution in [2.45, 2.75) is 43.7 Å². The smallest absolute Gasteiger partial charge is 0.0608 e. The monoisotopic (exact) mass is 327 g/mol. The van der Waals surface area contributed by atoms with E-state index in [4.69, 9.17) is 11.6 Å². The van der Waals surface area contributed by atoms with Crippen molar-refractivity contribution in [3.05, 3.63) is 70.7 Å². The first-order valence-corrected chi connectivity index (χ1v) is 8.89. The van der Waals surface area contributed by atoms with Crippen LogP contribution in [0.15, 0.2) is 54.6 Å². The number of hydrogen-bond acceptors (Lipinski definition) is 2. The molecule has 1 aliphatic carbocycles. The Morgan fingerprint density at radius 3 is 2.39 bits per heavy atom. The Morgan fingerprint density at radius 1 is 0.913 bits per heavy atom. The lowest BCUT2D eigenvalue weighted by atomic mass is 9.74. The van der Waals surface area contributed by atoms with E-state index in [1.54, 1.807) is 5.06 Å². The molecule has 2 aromatic rings. The summed E-state index contributed by atoms with van der Waals surface area (Å²) in [6.07, 6.45) is 4.46. The molecule has 2 aliphatic rings. The molecule has 0 unspecified atom stereocenters. The number of hydroxylamine groups is 2. The van der Waals surface area contributed by atoms with Crippen molar-refractivity contribution in [1.82, 2.24) is 5.06 Å². The molecular weight excluding hydrogens is 306 g/mol. The van der Waals surface area contributed by atoms with Gasteiger partial charge in [0.1, 0.15) is 0 Å². The van der Waals surface area contributed by atoms with Crippen LogP contribution in [-0.4, -0.2) is 16.3 Å². The highest BCUT2D eigenvalue weighted by Gasteiger charge is 2.45. The van der Waals surface area contributed by atoms with E-state index in [9.17, 15) is 5.21 Å². The van der Waals surface area contributed by atoms with E-state index in [0.29, 0.717) is 11.8 Å². The van der Waals surface area contributed by atoms with Gasteiger partial charge in [-0.05, 0) is 54.4 Å². The zero-order valence-electron chi connectivity index (χ0n) is 13.1. The largest absolute Gasteiger partial charge is 0.313 e. The van der Waals surface area contributed by atoms with Crippen molar-refractivity contribution in [2.75, 3.05) is 0 Å². The number of halogens is 1. The average Bonchev–Trinajstić information content (AvgIpc) is 3.07. The minimum atomic E-state index is 0.0798. The molecule has 1 aliphatic heterocycles. The molecule has 0 aromatic heterocycles. The predicted molar refractivity (Wildman–Crippen MR) is 92.7 cm³/mol. The van der Waals surface area contributed by atoms with Crippen LogP contribution in [-0.2, 0) is 0 Å². The van der Waals surface area contributed by atoms with Crippen molar-refractivity contribution in [2.24, 2.45) is 5.92 Å². The van der Waals surface area contributed by atoms with Gasteiger partial charge in [0.25, 0.3) is 0 Å². The first-order valence-electron chi connectivity index (χ1n) is 8.51. The Balaban J connectivity index is 1.69. The molecule has 0 spiro atoms. The Labute approximate surface area is 142 Å². The number of fused-ring (bicyclic) bond motifs is 1. The fourth-order valence-electron chi connectivity index (χ4n) is 4.58. The van der Waals surface area contributed by atoms with Gasteiger partial charge in [-0.25, -0.2) is 0 Å². The topological polar surface area (TPSA) is 23.5 Å². The molecule has 120 valence electrons. The molecule has 1 saturated carbocycles. The molecule has 2 aromatic carbocycles. The molecule has 0 bridgehead atoms. The quantitative estimate of drug-likeness (QED) is 0.795. The van der Waals surface area contributed by atoms with Crippen LogP contribution in [0.1, 0.15) is 48.8 Å². The molecule has 1 N–H and O–H groups in total. The lowest BCUT2D eigenvalue weighted by Crippen LogP contribution is -2.45. The van der Waals surface area contributed by atoms with Crippen molar-refractivity contribution < 1.29 is 5.21 Å². The molecule has 3 heteroatoms. The number of rotatable bonds is 2. The Kier molecular flexibility index (Phi) is 4.14. The van der Waals surface area contributed by atoms with E-state index in [1.165, 1.54) is 24.0 Å².